The molecule has 0 saturated carbocycles. The molecule has 2 amide bonds. The molecule has 1 aliphatic rings. The van der Waals surface area contributed by atoms with E-state index in [1.54, 1.807) is 18.2 Å². The van der Waals surface area contributed by atoms with Gasteiger partial charge in [0, 0.05) is 36.2 Å². The van der Waals surface area contributed by atoms with Crippen molar-refractivity contribution in [2.45, 2.75) is 26.7 Å². The summed E-state index contributed by atoms with van der Waals surface area (Å²) in [4.78, 5) is 31.1. The number of aryl methyl sites for hydroxylation is 1. The Balaban J connectivity index is 1.72. The molecule has 1 N–H and O–H groups in total. The van der Waals surface area contributed by atoms with Crippen LogP contribution in [0.1, 0.15) is 46.0 Å². The maximum Gasteiger partial charge on any atom is 0.257 e. The van der Waals surface area contributed by atoms with Gasteiger partial charge in [-0.1, -0.05) is 24.6 Å². The molecule has 1 aromatic heterocycles. The zero-order valence-electron chi connectivity index (χ0n) is 15.0. The van der Waals surface area contributed by atoms with Crippen LogP contribution in [0.5, 0.6) is 0 Å². The van der Waals surface area contributed by atoms with Gasteiger partial charge in [-0.25, -0.2) is 0 Å². The van der Waals surface area contributed by atoms with Crippen molar-refractivity contribution in [2.75, 3.05) is 18.4 Å². The average molecular weight is 372 g/mol. The first-order valence-electron chi connectivity index (χ1n) is 8.76. The molecule has 1 saturated heterocycles. The molecule has 1 fully saturated rings. The quantitative estimate of drug-likeness (QED) is 0.880. The van der Waals surface area contributed by atoms with Crippen LogP contribution in [0.2, 0.25) is 5.02 Å². The van der Waals surface area contributed by atoms with E-state index in [0.717, 1.165) is 31.5 Å². The smallest absolute Gasteiger partial charge is 0.257 e. The molecular weight excluding hydrogens is 350 g/mol. The molecule has 0 atom stereocenters. The standard InChI is InChI=1S/C20H22ClN3O2/c1-13-5-7-24(8-6-13)20(26)16-9-15(11-22-12-16)19(25)23-17-4-3-14(2)18(21)10-17/h3-4,9-13H,5-8H2,1-2H3,(H,23,25). The summed E-state index contributed by atoms with van der Waals surface area (Å²) in [6.07, 6.45) is 4.99. The van der Waals surface area contributed by atoms with Crippen LogP contribution in [-0.2, 0) is 0 Å². The number of benzene rings is 1. The monoisotopic (exact) mass is 371 g/mol. The second-order valence-corrected chi connectivity index (χ2v) is 7.26. The number of nitrogens with zero attached hydrogens (tertiary/aromatic N) is 2. The minimum absolute atomic E-state index is 0.0718. The number of anilines is 1. The lowest BCUT2D eigenvalue weighted by Gasteiger charge is -2.30. The Labute approximate surface area is 158 Å². The number of hydrogen-bond acceptors (Lipinski definition) is 3. The van der Waals surface area contributed by atoms with Crippen LogP contribution in [0.4, 0.5) is 5.69 Å². The Morgan fingerprint density at radius 2 is 1.85 bits per heavy atom. The fourth-order valence-corrected chi connectivity index (χ4v) is 3.13. The predicted molar refractivity (Wildman–Crippen MR) is 103 cm³/mol. The number of aromatic nitrogens is 1. The van der Waals surface area contributed by atoms with Gasteiger partial charge in [0.15, 0.2) is 0 Å². The summed E-state index contributed by atoms with van der Waals surface area (Å²) in [7, 11) is 0. The van der Waals surface area contributed by atoms with Crippen molar-refractivity contribution in [1.82, 2.24) is 9.88 Å². The van der Waals surface area contributed by atoms with E-state index in [9.17, 15) is 9.59 Å². The fourth-order valence-electron chi connectivity index (χ4n) is 2.95. The van der Waals surface area contributed by atoms with Gasteiger partial charge < -0.3 is 10.2 Å². The van der Waals surface area contributed by atoms with Gasteiger partial charge >= 0.3 is 0 Å². The van der Waals surface area contributed by atoms with Crippen LogP contribution in [0.25, 0.3) is 0 Å². The van der Waals surface area contributed by atoms with Crippen molar-refractivity contribution < 1.29 is 9.59 Å². The normalized spacial score (nSPS) is 15.0. The van der Waals surface area contributed by atoms with Gasteiger partial charge in [-0.3, -0.25) is 14.6 Å². The van der Waals surface area contributed by atoms with Crippen LogP contribution in [0.3, 0.4) is 0 Å². The van der Waals surface area contributed by atoms with E-state index in [0.29, 0.717) is 27.8 Å². The fraction of sp³-hybridized carbons (Fsp3) is 0.350. The van der Waals surface area contributed by atoms with E-state index in [-0.39, 0.29) is 11.8 Å². The third-order valence-electron chi connectivity index (χ3n) is 4.75. The van der Waals surface area contributed by atoms with Crippen molar-refractivity contribution in [3.05, 3.63) is 58.4 Å². The number of pyridine rings is 1. The van der Waals surface area contributed by atoms with E-state index in [1.165, 1.54) is 12.4 Å². The molecule has 136 valence electrons. The molecule has 6 heteroatoms. The second-order valence-electron chi connectivity index (χ2n) is 6.86. The number of carbonyl (C=O) groups excluding carboxylic acids is 2. The van der Waals surface area contributed by atoms with Crippen LogP contribution >= 0.6 is 11.6 Å². The number of carbonyl (C=O) groups is 2. The number of halogens is 1. The lowest BCUT2D eigenvalue weighted by atomic mass is 9.98. The maximum atomic E-state index is 12.7. The Morgan fingerprint density at radius 3 is 2.54 bits per heavy atom. The Bertz CT molecular complexity index is 830. The van der Waals surface area contributed by atoms with Gasteiger partial charge in [0.05, 0.1) is 11.1 Å². The molecule has 0 unspecified atom stereocenters. The first-order valence-corrected chi connectivity index (χ1v) is 9.13. The molecule has 26 heavy (non-hydrogen) atoms. The lowest BCUT2D eigenvalue weighted by molar-refractivity contribution is 0.0697. The SMILES string of the molecule is Cc1ccc(NC(=O)c2cncc(C(=O)N3CCC(C)CC3)c2)cc1Cl. The van der Waals surface area contributed by atoms with Crippen LogP contribution in [0.15, 0.2) is 36.7 Å². The summed E-state index contributed by atoms with van der Waals surface area (Å²) in [5, 5.41) is 3.38. The van der Waals surface area contributed by atoms with E-state index in [4.69, 9.17) is 11.6 Å². The van der Waals surface area contributed by atoms with E-state index >= 15 is 0 Å². The predicted octanol–water partition coefficient (Wildman–Crippen LogP) is 4.17. The minimum Gasteiger partial charge on any atom is -0.339 e. The Hall–Kier alpha value is -2.40. The molecular formula is C20H22ClN3O2. The molecule has 0 bridgehead atoms. The zero-order chi connectivity index (χ0) is 18.7. The number of rotatable bonds is 3. The number of nitrogens with one attached hydrogen (secondary N) is 1. The molecule has 0 radical (unpaired) electrons. The zero-order valence-corrected chi connectivity index (χ0v) is 15.7. The summed E-state index contributed by atoms with van der Waals surface area (Å²) in [5.41, 5.74) is 2.33. The molecule has 2 heterocycles. The molecule has 1 aromatic carbocycles. The van der Waals surface area contributed by atoms with Gasteiger partial charge in [0.25, 0.3) is 11.8 Å². The van der Waals surface area contributed by atoms with E-state index in [1.807, 2.05) is 17.9 Å². The topological polar surface area (TPSA) is 62.3 Å². The highest BCUT2D eigenvalue weighted by Gasteiger charge is 2.22. The number of hydrogen-bond donors (Lipinski definition) is 1. The highest BCUT2D eigenvalue weighted by molar-refractivity contribution is 6.31. The summed E-state index contributed by atoms with van der Waals surface area (Å²) in [6, 6.07) is 6.93. The third-order valence-corrected chi connectivity index (χ3v) is 5.16. The van der Waals surface area contributed by atoms with Gasteiger partial charge in [-0.05, 0) is 49.4 Å². The summed E-state index contributed by atoms with van der Waals surface area (Å²) in [6.45, 7) is 5.59. The van der Waals surface area contributed by atoms with Crippen molar-refractivity contribution in [1.29, 1.82) is 0 Å². The summed E-state index contributed by atoms with van der Waals surface area (Å²) in [5.74, 6) is 0.257. The highest BCUT2D eigenvalue weighted by Crippen LogP contribution is 2.21. The Morgan fingerprint density at radius 1 is 1.15 bits per heavy atom. The molecule has 0 spiro atoms. The van der Waals surface area contributed by atoms with Crippen LogP contribution < -0.4 is 5.32 Å². The molecule has 3 rings (SSSR count). The third kappa shape index (κ3) is 4.22. The lowest BCUT2D eigenvalue weighted by Crippen LogP contribution is -2.38. The van der Waals surface area contributed by atoms with Crippen molar-refractivity contribution in [3.8, 4) is 0 Å². The van der Waals surface area contributed by atoms with Crippen molar-refractivity contribution >= 4 is 29.1 Å². The van der Waals surface area contributed by atoms with Gasteiger partial charge in [0.1, 0.15) is 0 Å². The first kappa shape index (κ1) is 18.4. The van der Waals surface area contributed by atoms with Gasteiger partial charge in [-0.2, -0.15) is 0 Å². The van der Waals surface area contributed by atoms with E-state index < -0.39 is 0 Å². The first-order chi connectivity index (χ1) is 12.4. The largest absolute Gasteiger partial charge is 0.339 e. The summed E-state index contributed by atoms with van der Waals surface area (Å²) < 4.78 is 0. The van der Waals surface area contributed by atoms with Gasteiger partial charge in [0.2, 0.25) is 0 Å². The van der Waals surface area contributed by atoms with Crippen molar-refractivity contribution in [2.24, 2.45) is 5.92 Å². The average Bonchev–Trinajstić information content (AvgIpc) is 2.65. The van der Waals surface area contributed by atoms with Gasteiger partial charge in [-0.15, -0.1) is 0 Å². The molecule has 0 aliphatic carbocycles. The van der Waals surface area contributed by atoms with Crippen molar-refractivity contribution in [3.63, 3.8) is 0 Å². The second kappa shape index (κ2) is 7.87. The number of likely N-dealkylation sites (tertiary alicyclic amines) is 1. The molecule has 2 aromatic rings. The van der Waals surface area contributed by atoms with E-state index in [2.05, 4.69) is 17.2 Å². The Kier molecular flexibility index (Phi) is 5.57. The minimum atomic E-state index is -0.320. The van der Waals surface area contributed by atoms with Crippen LogP contribution in [-0.4, -0.2) is 34.8 Å². The number of piperidine rings is 1. The molecule has 5 nitrogen and oxygen atoms in total. The van der Waals surface area contributed by atoms with Crippen LogP contribution in [0, 0.1) is 12.8 Å². The number of amides is 2. The highest BCUT2D eigenvalue weighted by atomic mass is 35.5. The maximum absolute atomic E-state index is 12.7. The molecule has 1 aliphatic heterocycles. The summed E-state index contributed by atoms with van der Waals surface area (Å²) >= 11 is 6.09.